The van der Waals surface area contributed by atoms with Crippen LogP contribution in [0.25, 0.3) is 0 Å². The van der Waals surface area contributed by atoms with Gasteiger partial charge in [-0.1, -0.05) is 13.0 Å². The molecule has 0 aromatic heterocycles. The molecule has 0 radical (unpaired) electrons. The molecule has 0 spiro atoms. The maximum absolute atomic E-state index is 13.5. The maximum atomic E-state index is 13.5. The lowest BCUT2D eigenvalue weighted by molar-refractivity contribution is 0.0697. The number of aromatic carboxylic acids is 1. The van der Waals surface area contributed by atoms with E-state index in [0.29, 0.717) is 6.54 Å². The number of benzene rings is 1. The van der Waals surface area contributed by atoms with E-state index in [9.17, 15) is 9.18 Å². The summed E-state index contributed by atoms with van der Waals surface area (Å²) in [4.78, 5) is 13.0. The van der Waals surface area contributed by atoms with E-state index in [2.05, 4.69) is 5.32 Å². The molecule has 1 aromatic carbocycles. The first-order chi connectivity index (χ1) is 8.06. The van der Waals surface area contributed by atoms with Gasteiger partial charge in [-0.05, 0) is 25.7 Å². The Morgan fingerprint density at radius 1 is 1.53 bits per heavy atom. The zero-order valence-electron chi connectivity index (χ0n) is 10.0. The van der Waals surface area contributed by atoms with Gasteiger partial charge in [0.15, 0.2) is 0 Å². The Bertz CT molecular complexity index is 396. The Kier molecular flexibility index (Phi) is 4.90. The van der Waals surface area contributed by atoms with Crippen LogP contribution < -0.4 is 5.32 Å². The Labute approximate surface area is 100 Å². The molecule has 2 N–H and O–H groups in total. The Morgan fingerprint density at radius 3 is 2.82 bits per heavy atom. The fourth-order valence-electron chi connectivity index (χ4n) is 1.41. The van der Waals surface area contributed by atoms with E-state index in [-0.39, 0.29) is 11.3 Å². The van der Waals surface area contributed by atoms with Crippen LogP contribution in [-0.4, -0.2) is 42.7 Å². The van der Waals surface area contributed by atoms with Crippen molar-refractivity contribution in [1.82, 2.24) is 4.90 Å². The molecule has 4 nitrogen and oxygen atoms in total. The van der Waals surface area contributed by atoms with Crippen molar-refractivity contribution in [3.8, 4) is 0 Å². The fourth-order valence-corrected chi connectivity index (χ4v) is 1.41. The third kappa shape index (κ3) is 3.71. The lowest BCUT2D eigenvalue weighted by Gasteiger charge is -2.16. The highest BCUT2D eigenvalue weighted by Gasteiger charge is 2.13. The number of hydrogen-bond acceptors (Lipinski definition) is 3. The van der Waals surface area contributed by atoms with Crippen LogP contribution in [0, 0.1) is 5.82 Å². The number of carbonyl (C=O) groups is 1. The van der Waals surface area contributed by atoms with Crippen molar-refractivity contribution in [2.45, 2.75) is 6.92 Å². The first-order valence-corrected chi connectivity index (χ1v) is 5.50. The SMILES string of the molecule is CCN(C)CCNc1c(F)cccc1C(=O)O. The molecule has 0 aliphatic carbocycles. The summed E-state index contributed by atoms with van der Waals surface area (Å²) in [5, 5.41) is 11.8. The van der Waals surface area contributed by atoms with Gasteiger partial charge < -0.3 is 15.3 Å². The normalized spacial score (nSPS) is 10.6. The number of nitrogens with zero attached hydrogens (tertiary/aromatic N) is 1. The number of rotatable bonds is 6. The van der Waals surface area contributed by atoms with E-state index in [1.165, 1.54) is 18.2 Å². The average Bonchev–Trinajstić information content (AvgIpc) is 2.30. The topological polar surface area (TPSA) is 52.6 Å². The van der Waals surface area contributed by atoms with E-state index in [4.69, 9.17) is 5.11 Å². The lowest BCUT2D eigenvalue weighted by atomic mass is 10.1. The summed E-state index contributed by atoms with van der Waals surface area (Å²) in [6.07, 6.45) is 0. The second-order valence-electron chi connectivity index (χ2n) is 3.79. The van der Waals surface area contributed by atoms with Gasteiger partial charge in [-0.25, -0.2) is 9.18 Å². The first kappa shape index (κ1) is 13.4. The van der Waals surface area contributed by atoms with Gasteiger partial charge in [0, 0.05) is 13.1 Å². The molecule has 0 amide bonds. The molecule has 0 atom stereocenters. The van der Waals surface area contributed by atoms with Crippen LogP contribution in [0.2, 0.25) is 0 Å². The number of carboxylic acids is 1. The number of halogens is 1. The molecule has 17 heavy (non-hydrogen) atoms. The highest BCUT2D eigenvalue weighted by atomic mass is 19.1. The van der Waals surface area contributed by atoms with Crippen LogP contribution >= 0.6 is 0 Å². The summed E-state index contributed by atoms with van der Waals surface area (Å²) < 4.78 is 13.5. The number of nitrogens with one attached hydrogen (secondary N) is 1. The number of carboxylic acid groups (broad SMARTS) is 1. The summed E-state index contributed by atoms with van der Waals surface area (Å²) in [5.74, 6) is -1.67. The van der Waals surface area contributed by atoms with Crippen molar-refractivity contribution >= 4 is 11.7 Å². The molecule has 0 aliphatic rings. The van der Waals surface area contributed by atoms with Gasteiger partial charge in [0.1, 0.15) is 5.82 Å². The Balaban J connectivity index is 2.72. The van der Waals surface area contributed by atoms with Gasteiger partial charge in [0.2, 0.25) is 0 Å². The lowest BCUT2D eigenvalue weighted by Crippen LogP contribution is -2.25. The first-order valence-electron chi connectivity index (χ1n) is 5.50. The number of likely N-dealkylation sites (N-methyl/N-ethyl adjacent to an activating group) is 1. The molecule has 0 saturated carbocycles. The van der Waals surface area contributed by atoms with E-state index >= 15 is 0 Å². The third-order valence-corrected chi connectivity index (χ3v) is 2.58. The molecule has 0 heterocycles. The van der Waals surface area contributed by atoms with Crippen LogP contribution in [0.1, 0.15) is 17.3 Å². The molecule has 1 rings (SSSR count). The Morgan fingerprint density at radius 2 is 2.24 bits per heavy atom. The van der Waals surface area contributed by atoms with Gasteiger partial charge in [0.25, 0.3) is 0 Å². The van der Waals surface area contributed by atoms with Gasteiger partial charge in [-0.15, -0.1) is 0 Å². The average molecular weight is 240 g/mol. The maximum Gasteiger partial charge on any atom is 0.337 e. The van der Waals surface area contributed by atoms with Crippen molar-refractivity contribution in [3.05, 3.63) is 29.6 Å². The van der Waals surface area contributed by atoms with E-state index in [0.717, 1.165) is 13.1 Å². The highest BCUT2D eigenvalue weighted by Crippen LogP contribution is 2.19. The minimum Gasteiger partial charge on any atom is -0.478 e. The van der Waals surface area contributed by atoms with Crippen molar-refractivity contribution in [2.24, 2.45) is 0 Å². The molecule has 0 fully saturated rings. The van der Waals surface area contributed by atoms with E-state index in [1.54, 1.807) is 0 Å². The van der Waals surface area contributed by atoms with E-state index < -0.39 is 11.8 Å². The minimum atomic E-state index is -1.13. The summed E-state index contributed by atoms with van der Waals surface area (Å²) in [7, 11) is 1.95. The monoisotopic (exact) mass is 240 g/mol. The van der Waals surface area contributed by atoms with Crippen molar-refractivity contribution < 1.29 is 14.3 Å². The predicted octanol–water partition coefficient (Wildman–Crippen LogP) is 1.89. The van der Waals surface area contributed by atoms with Gasteiger partial charge >= 0.3 is 5.97 Å². The standard InChI is InChI=1S/C12H17FN2O2/c1-3-15(2)8-7-14-11-9(12(16)17)5-4-6-10(11)13/h4-6,14H,3,7-8H2,1-2H3,(H,16,17). The van der Waals surface area contributed by atoms with Gasteiger partial charge in [-0.3, -0.25) is 0 Å². The molecule has 94 valence electrons. The van der Waals surface area contributed by atoms with Crippen molar-refractivity contribution in [2.75, 3.05) is 32.0 Å². The van der Waals surface area contributed by atoms with E-state index in [1.807, 2.05) is 18.9 Å². The van der Waals surface area contributed by atoms with Crippen LogP contribution in [0.4, 0.5) is 10.1 Å². The fraction of sp³-hybridized carbons (Fsp3) is 0.417. The summed E-state index contributed by atoms with van der Waals surface area (Å²) in [6, 6.07) is 4.03. The molecule has 0 bridgehead atoms. The second kappa shape index (κ2) is 6.20. The van der Waals surface area contributed by atoms with Crippen LogP contribution in [-0.2, 0) is 0 Å². The zero-order chi connectivity index (χ0) is 12.8. The quantitative estimate of drug-likeness (QED) is 0.797. The molecule has 5 heteroatoms. The number of hydrogen-bond donors (Lipinski definition) is 2. The minimum absolute atomic E-state index is 0.0378. The summed E-state index contributed by atoms with van der Waals surface area (Å²) in [5.41, 5.74) is 0.0219. The van der Waals surface area contributed by atoms with Crippen LogP contribution in [0.15, 0.2) is 18.2 Å². The number of para-hydroxylation sites is 1. The molecular weight excluding hydrogens is 223 g/mol. The van der Waals surface area contributed by atoms with Gasteiger partial charge in [-0.2, -0.15) is 0 Å². The second-order valence-corrected chi connectivity index (χ2v) is 3.79. The molecule has 0 saturated heterocycles. The Hall–Kier alpha value is -1.62. The van der Waals surface area contributed by atoms with Crippen LogP contribution in [0.5, 0.6) is 0 Å². The van der Waals surface area contributed by atoms with Crippen molar-refractivity contribution in [3.63, 3.8) is 0 Å². The van der Waals surface area contributed by atoms with Crippen molar-refractivity contribution in [1.29, 1.82) is 0 Å². The largest absolute Gasteiger partial charge is 0.478 e. The molecule has 0 aliphatic heterocycles. The predicted molar refractivity (Wildman–Crippen MR) is 65.0 cm³/mol. The molecule has 0 unspecified atom stereocenters. The molecular formula is C12H17FN2O2. The summed E-state index contributed by atoms with van der Waals surface area (Å²) in [6.45, 7) is 4.14. The molecule has 1 aromatic rings. The zero-order valence-corrected chi connectivity index (χ0v) is 10.0. The third-order valence-electron chi connectivity index (χ3n) is 2.58. The smallest absolute Gasteiger partial charge is 0.337 e. The highest BCUT2D eigenvalue weighted by molar-refractivity contribution is 5.94. The summed E-state index contributed by atoms with van der Waals surface area (Å²) >= 11 is 0. The van der Waals surface area contributed by atoms with Gasteiger partial charge in [0.05, 0.1) is 11.3 Å². The van der Waals surface area contributed by atoms with Crippen LogP contribution in [0.3, 0.4) is 0 Å². The number of anilines is 1.